The first-order valence-electron chi connectivity index (χ1n) is 17.7. The van der Waals surface area contributed by atoms with Gasteiger partial charge in [0.2, 0.25) is 0 Å². The summed E-state index contributed by atoms with van der Waals surface area (Å²) in [6, 6.07) is 57.3. The summed E-state index contributed by atoms with van der Waals surface area (Å²) in [7, 11) is 0. The highest BCUT2D eigenvalue weighted by Crippen LogP contribution is 2.52. The van der Waals surface area contributed by atoms with Crippen molar-refractivity contribution in [2.45, 2.75) is 19.3 Å². The van der Waals surface area contributed by atoms with Gasteiger partial charge in [-0.1, -0.05) is 147 Å². The Hall–Kier alpha value is -6.65. The Balaban J connectivity index is 1.13. The van der Waals surface area contributed by atoms with Crippen LogP contribution in [0, 0.1) is 0 Å². The fourth-order valence-electron chi connectivity index (χ4n) is 7.86. The van der Waals surface area contributed by atoms with Gasteiger partial charge in [-0.25, -0.2) is 15.0 Å². The van der Waals surface area contributed by atoms with Gasteiger partial charge in [0.15, 0.2) is 17.5 Å². The summed E-state index contributed by atoms with van der Waals surface area (Å²) >= 11 is 0. The van der Waals surface area contributed by atoms with Crippen LogP contribution in [0.15, 0.2) is 168 Å². The summed E-state index contributed by atoms with van der Waals surface area (Å²) in [5.74, 6) is 1.94. The van der Waals surface area contributed by atoms with E-state index in [1.54, 1.807) is 0 Å². The van der Waals surface area contributed by atoms with E-state index in [0.717, 1.165) is 49.8 Å². The number of furan rings is 1. The van der Waals surface area contributed by atoms with Crippen LogP contribution in [-0.4, -0.2) is 15.0 Å². The molecule has 0 saturated heterocycles. The van der Waals surface area contributed by atoms with E-state index in [1.807, 2.05) is 72.8 Å². The average molecular weight is 668 g/mol. The Labute approximate surface area is 302 Å². The van der Waals surface area contributed by atoms with Gasteiger partial charge < -0.3 is 4.42 Å². The Morgan fingerprint density at radius 2 is 0.885 bits per heavy atom. The molecule has 0 spiro atoms. The van der Waals surface area contributed by atoms with E-state index in [9.17, 15) is 0 Å². The molecule has 0 amide bonds. The number of aromatic nitrogens is 3. The maximum atomic E-state index is 6.37. The molecule has 4 nitrogen and oxygen atoms in total. The van der Waals surface area contributed by atoms with Crippen molar-refractivity contribution >= 4 is 21.9 Å². The molecule has 10 rings (SSSR count). The fourth-order valence-corrected chi connectivity index (χ4v) is 7.86. The summed E-state index contributed by atoms with van der Waals surface area (Å²) in [5, 5.41) is 2.26. The SMILES string of the molecule is CC1(C)c2ccccc2-c2cc(-c3ccc4c(c3)oc3ccccc34)c(-c3ccc(-c4nc(-c5ccccc5)nc(-c5ccccc5)n4)cc3)cc21. The third-order valence-electron chi connectivity index (χ3n) is 10.6. The van der Waals surface area contributed by atoms with Crippen molar-refractivity contribution in [3.8, 4) is 67.5 Å². The number of fused-ring (bicyclic) bond motifs is 6. The molecular formula is C48H33N3O. The van der Waals surface area contributed by atoms with Crippen molar-refractivity contribution < 1.29 is 4.42 Å². The van der Waals surface area contributed by atoms with Crippen LogP contribution in [0.1, 0.15) is 25.0 Å². The maximum absolute atomic E-state index is 6.37. The molecule has 0 saturated carbocycles. The lowest BCUT2D eigenvalue weighted by Gasteiger charge is -2.23. The third-order valence-corrected chi connectivity index (χ3v) is 10.6. The first-order valence-corrected chi connectivity index (χ1v) is 17.7. The molecule has 0 radical (unpaired) electrons. The van der Waals surface area contributed by atoms with Gasteiger partial charge in [-0.2, -0.15) is 0 Å². The van der Waals surface area contributed by atoms with Crippen LogP contribution < -0.4 is 0 Å². The van der Waals surface area contributed by atoms with Crippen molar-refractivity contribution in [3.63, 3.8) is 0 Å². The van der Waals surface area contributed by atoms with Gasteiger partial charge in [0.25, 0.3) is 0 Å². The highest BCUT2D eigenvalue weighted by Gasteiger charge is 2.36. The predicted molar refractivity (Wildman–Crippen MR) is 212 cm³/mol. The summed E-state index contributed by atoms with van der Waals surface area (Å²) in [6.45, 7) is 4.67. The van der Waals surface area contributed by atoms with Gasteiger partial charge in [-0.3, -0.25) is 0 Å². The molecule has 0 atom stereocenters. The van der Waals surface area contributed by atoms with Crippen molar-refractivity contribution in [1.29, 1.82) is 0 Å². The Morgan fingerprint density at radius 1 is 0.365 bits per heavy atom. The number of hydrogen-bond acceptors (Lipinski definition) is 4. The van der Waals surface area contributed by atoms with Gasteiger partial charge in [0, 0.05) is 32.9 Å². The quantitative estimate of drug-likeness (QED) is 0.183. The highest BCUT2D eigenvalue weighted by molar-refractivity contribution is 6.06. The second-order valence-electron chi connectivity index (χ2n) is 14.0. The largest absolute Gasteiger partial charge is 0.456 e. The van der Waals surface area contributed by atoms with Gasteiger partial charge in [0.1, 0.15) is 11.2 Å². The molecule has 2 heterocycles. The molecule has 0 fully saturated rings. The molecule has 52 heavy (non-hydrogen) atoms. The van der Waals surface area contributed by atoms with Crippen molar-refractivity contribution in [2.24, 2.45) is 0 Å². The van der Waals surface area contributed by atoms with Gasteiger partial charge in [-0.15, -0.1) is 0 Å². The summed E-state index contributed by atoms with van der Waals surface area (Å²) < 4.78 is 6.37. The minimum absolute atomic E-state index is 0.131. The Morgan fingerprint density at radius 3 is 1.58 bits per heavy atom. The lowest BCUT2D eigenvalue weighted by Crippen LogP contribution is -2.15. The smallest absolute Gasteiger partial charge is 0.164 e. The number of nitrogens with zero attached hydrogens (tertiary/aromatic N) is 3. The molecule has 0 N–H and O–H groups in total. The molecule has 0 unspecified atom stereocenters. The Bertz CT molecular complexity index is 2740. The summed E-state index contributed by atoms with van der Waals surface area (Å²) in [5.41, 5.74) is 14.3. The van der Waals surface area contributed by atoms with Crippen LogP contribution in [0.3, 0.4) is 0 Å². The minimum atomic E-state index is -0.131. The van der Waals surface area contributed by atoms with E-state index in [2.05, 4.69) is 105 Å². The molecule has 2 aromatic heterocycles. The lowest BCUT2D eigenvalue weighted by atomic mass is 9.80. The highest BCUT2D eigenvalue weighted by atomic mass is 16.3. The average Bonchev–Trinajstić information content (AvgIpc) is 3.69. The van der Waals surface area contributed by atoms with Gasteiger partial charge in [0.05, 0.1) is 0 Å². The Kier molecular flexibility index (Phi) is 6.80. The molecule has 1 aliphatic rings. The maximum Gasteiger partial charge on any atom is 0.164 e. The molecule has 246 valence electrons. The lowest BCUT2D eigenvalue weighted by molar-refractivity contribution is 0.660. The second-order valence-corrected chi connectivity index (χ2v) is 14.0. The fraction of sp³-hybridized carbons (Fsp3) is 0.0625. The zero-order chi connectivity index (χ0) is 34.8. The van der Waals surface area contributed by atoms with Gasteiger partial charge in [-0.05, 0) is 74.8 Å². The first-order chi connectivity index (χ1) is 25.5. The number of rotatable bonds is 5. The second kappa shape index (κ2) is 11.7. The van der Waals surface area contributed by atoms with E-state index in [4.69, 9.17) is 19.4 Å². The van der Waals surface area contributed by atoms with E-state index < -0.39 is 0 Å². The van der Waals surface area contributed by atoms with Gasteiger partial charge >= 0.3 is 0 Å². The molecule has 7 aromatic carbocycles. The standard InChI is InChI=1S/C48H33N3O/c1-48(2)41-19-11-9-17-35(41)40-28-38(34-25-26-37-36-18-10-12-20-43(36)52-44(37)27-34)39(29-42(40)48)30-21-23-33(24-22-30)47-50-45(31-13-5-3-6-14-31)49-46(51-47)32-15-7-4-8-16-32/h3-29H,1-2H3. The normalized spacial score (nSPS) is 13.0. The summed E-state index contributed by atoms with van der Waals surface area (Å²) in [6.07, 6.45) is 0. The molecular weight excluding hydrogens is 635 g/mol. The van der Waals surface area contributed by atoms with E-state index >= 15 is 0 Å². The van der Waals surface area contributed by atoms with Crippen LogP contribution in [-0.2, 0) is 5.41 Å². The zero-order valence-electron chi connectivity index (χ0n) is 28.8. The molecule has 9 aromatic rings. The van der Waals surface area contributed by atoms with E-state index in [-0.39, 0.29) is 5.41 Å². The molecule has 0 bridgehead atoms. The topological polar surface area (TPSA) is 51.8 Å². The summed E-state index contributed by atoms with van der Waals surface area (Å²) in [4.78, 5) is 14.8. The number of hydrogen-bond donors (Lipinski definition) is 0. The van der Waals surface area contributed by atoms with Crippen molar-refractivity contribution in [2.75, 3.05) is 0 Å². The predicted octanol–water partition coefficient (Wildman–Crippen LogP) is 12.4. The first kappa shape index (κ1) is 30.2. The van der Waals surface area contributed by atoms with E-state index in [1.165, 1.54) is 33.4 Å². The molecule has 4 heteroatoms. The molecule has 1 aliphatic carbocycles. The zero-order valence-corrected chi connectivity index (χ0v) is 28.8. The van der Waals surface area contributed by atoms with Crippen LogP contribution in [0.25, 0.3) is 89.5 Å². The van der Waals surface area contributed by atoms with E-state index in [0.29, 0.717) is 17.5 Å². The van der Waals surface area contributed by atoms with Crippen molar-refractivity contribution in [3.05, 3.63) is 175 Å². The number of benzene rings is 7. The van der Waals surface area contributed by atoms with Crippen LogP contribution in [0.5, 0.6) is 0 Å². The molecule has 0 aliphatic heterocycles. The third kappa shape index (κ3) is 4.87. The van der Waals surface area contributed by atoms with Crippen LogP contribution in [0.2, 0.25) is 0 Å². The van der Waals surface area contributed by atoms with Crippen LogP contribution >= 0.6 is 0 Å². The van der Waals surface area contributed by atoms with Crippen molar-refractivity contribution in [1.82, 2.24) is 15.0 Å². The number of para-hydroxylation sites is 1. The minimum Gasteiger partial charge on any atom is -0.456 e. The van der Waals surface area contributed by atoms with Crippen LogP contribution in [0.4, 0.5) is 0 Å². The monoisotopic (exact) mass is 667 g/mol.